The van der Waals surface area contributed by atoms with Crippen LogP contribution in [0.5, 0.6) is 11.5 Å². The van der Waals surface area contributed by atoms with Crippen LogP contribution >= 0.6 is 15.9 Å². The molecule has 2 aromatic rings. The van der Waals surface area contributed by atoms with Crippen LogP contribution in [0.15, 0.2) is 40.9 Å². The lowest BCUT2D eigenvalue weighted by Gasteiger charge is -2.27. The summed E-state index contributed by atoms with van der Waals surface area (Å²) >= 11 is 3.35. The number of ether oxygens (including phenoxy) is 2. The second-order valence-electron chi connectivity index (χ2n) is 5.89. The molecule has 1 aliphatic heterocycles. The molecule has 1 atom stereocenters. The highest BCUT2D eigenvalue weighted by atomic mass is 79.9. The van der Waals surface area contributed by atoms with Crippen molar-refractivity contribution in [2.24, 2.45) is 0 Å². The number of rotatable bonds is 4. The van der Waals surface area contributed by atoms with E-state index in [1.54, 1.807) is 25.2 Å². The largest absolute Gasteiger partial charge is 0.497 e. The number of carbonyl (C=O) groups is 1. The first kappa shape index (κ1) is 17.7. The van der Waals surface area contributed by atoms with Crippen molar-refractivity contribution in [3.8, 4) is 11.5 Å². The van der Waals surface area contributed by atoms with Gasteiger partial charge in [-0.2, -0.15) is 0 Å². The Morgan fingerprint density at radius 3 is 2.72 bits per heavy atom. The highest BCUT2D eigenvalue weighted by Crippen LogP contribution is 2.39. The minimum absolute atomic E-state index is 0.108. The van der Waals surface area contributed by atoms with Crippen LogP contribution in [0.4, 0.5) is 4.39 Å². The van der Waals surface area contributed by atoms with E-state index in [4.69, 9.17) is 9.47 Å². The molecule has 0 aliphatic carbocycles. The fourth-order valence-corrected chi connectivity index (χ4v) is 3.66. The number of methoxy groups -OCH3 is 2. The zero-order valence-corrected chi connectivity index (χ0v) is 15.7. The monoisotopic (exact) mass is 407 g/mol. The van der Waals surface area contributed by atoms with E-state index in [1.165, 1.54) is 12.1 Å². The van der Waals surface area contributed by atoms with Crippen molar-refractivity contribution < 1.29 is 18.7 Å². The molecule has 2 aromatic carbocycles. The third-order valence-corrected chi connectivity index (χ3v) is 5.16. The fraction of sp³-hybridized carbons (Fsp3) is 0.316. The molecule has 0 N–H and O–H groups in total. The molecule has 1 heterocycles. The third-order valence-electron chi connectivity index (χ3n) is 4.47. The van der Waals surface area contributed by atoms with Gasteiger partial charge in [0.15, 0.2) is 0 Å². The van der Waals surface area contributed by atoms with E-state index in [9.17, 15) is 9.18 Å². The van der Waals surface area contributed by atoms with Gasteiger partial charge in [-0.05, 0) is 59.1 Å². The Kier molecular flexibility index (Phi) is 5.27. The van der Waals surface area contributed by atoms with Crippen LogP contribution in [0.3, 0.4) is 0 Å². The van der Waals surface area contributed by atoms with E-state index in [2.05, 4.69) is 15.9 Å². The summed E-state index contributed by atoms with van der Waals surface area (Å²) in [5.74, 6) is 0.766. The molecule has 1 unspecified atom stereocenters. The molecule has 1 saturated heterocycles. The molecule has 0 bridgehead atoms. The van der Waals surface area contributed by atoms with Gasteiger partial charge in [-0.3, -0.25) is 4.79 Å². The lowest BCUT2D eigenvalue weighted by atomic mass is 10.0. The summed E-state index contributed by atoms with van der Waals surface area (Å²) < 4.78 is 24.9. The highest BCUT2D eigenvalue weighted by Gasteiger charge is 2.33. The number of hydrogen-bond donors (Lipinski definition) is 0. The Bertz CT molecular complexity index is 796. The van der Waals surface area contributed by atoms with Gasteiger partial charge in [-0.15, -0.1) is 0 Å². The van der Waals surface area contributed by atoms with Crippen LogP contribution in [0.1, 0.15) is 34.8 Å². The second kappa shape index (κ2) is 7.44. The van der Waals surface area contributed by atoms with Crippen LogP contribution in [0.25, 0.3) is 0 Å². The van der Waals surface area contributed by atoms with Crippen molar-refractivity contribution in [2.45, 2.75) is 18.9 Å². The van der Waals surface area contributed by atoms with Crippen molar-refractivity contribution in [3.63, 3.8) is 0 Å². The Morgan fingerprint density at radius 2 is 2.00 bits per heavy atom. The van der Waals surface area contributed by atoms with Crippen molar-refractivity contribution in [3.05, 3.63) is 57.8 Å². The molecule has 0 spiro atoms. The number of benzene rings is 2. The molecular weight excluding hydrogens is 389 g/mol. The zero-order valence-electron chi connectivity index (χ0n) is 14.1. The van der Waals surface area contributed by atoms with Gasteiger partial charge in [0.1, 0.15) is 17.3 Å². The zero-order chi connectivity index (χ0) is 18.0. The first-order chi connectivity index (χ1) is 12.0. The summed E-state index contributed by atoms with van der Waals surface area (Å²) in [4.78, 5) is 14.8. The number of nitrogens with zero attached hydrogens (tertiary/aromatic N) is 1. The van der Waals surface area contributed by atoms with Gasteiger partial charge >= 0.3 is 0 Å². The molecule has 25 heavy (non-hydrogen) atoms. The van der Waals surface area contributed by atoms with E-state index in [1.807, 2.05) is 18.2 Å². The SMILES string of the molecule is COc1ccc(C2CCCN2C(=O)c2cc(F)ccc2Br)c(OC)c1. The molecule has 0 saturated carbocycles. The maximum Gasteiger partial charge on any atom is 0.255 e. The van der Waals surface area contributed by atoms with Gasteiger partial charge in [0, 0.05) is 22.6 Å². The van der Waals surface area contributed by atoms with Crippen LogP contribution in [-0.2, 0) is 0 Å². The maximum absolute atomic E-state index is 13.6. The summed E-state index contributed by atoms with van der Waals surface area (Å²) in [6.07, 6.45) is 1.72. The second-order valence-corrected chi connectivity index (χ2v) is 6.74. The maximum atomic E-state index is 13.6. The molecule has 1 fully saturated rings. The lowest BCUT2D eigenvalue weighted by molar-refractivity contribution is 0.0732. The summed E-state index contributed by atoms with van der Waals surface area (Å²) in [5.41, 5.74) is 1.26. The predicted molar refractivity (Wildman–Crippen MR) is 96.7 cm³/mol. The van der Waals surface area contributed by atoms with E-state index in [-0.39, 0.29) is 11.9 Å². The van der Waals surface area contributed by atoms with Crippen molar-refractivity contribution in [2.75, 3.05) is 20.8 Å². The predicted octanol–water partition coefficient (Wildman–Crippen LogP) is 4.58. The van der Waals surface area contributed by atoms with E-state index in [0.717, 1.165) is 18.4 Å². The molecule has 132 valence electrons. The molecule has 3 rings (SSSR count). The third kappa shape index (κ3) is 3.49. The smallest absolute Gasteiger partial charge is 0.255 e. The summed E-state index contributed by atoms with van der Waals surface area (Å²) in [6, 6.07) is 9.65. The first-order valence-corrected chi connectivity index (χ1v) is 8.82. The van der Waals surface area contributed by atoms with E-state index in [0.29, 0.717) is 28.1 Å². The van der Waals surface area contributed by atoms with Crippen molar-refractivity contribution in [1.29, 1.82) is 0 Å². The van der Waals surface area contributed by atoms with Gasteiger partial charge in [-0.1, -0.05) is 0 Å². The Balaban J connectivity index is 1.95. The Morgan fingerprint density at radius 1 is 1.20 bits per heavy atom. The minimum Gasteiger partial charge on any atom is -0.497 e. The van der Waals surface area contributed by atoms with Gasteiger partial charge in [-0.25, -0.2) is 4.39 Å². The highest BCUT2D eigenvalue weighted by molar-refractivity contribution is 9.10. The van der Waals surface area contributed by atoms with Crippen LogP contribution in [-0.4, -0.2) is 31.6 Å². The average molecular weight is 408 g/mol. The molecular formula is C19H19BrFNO3. The summed E-state index contributed by atoms with van der Waals surface area (Å²) in [5, 5.41) is 0. The quantitative estimate of drug-likeness (QED) is 0.744. The molecule has 6 heteroatoms. The van der Waals surface area contributed by atoms with Gasteiger partial charge in [0.25, 0.3) is 5.91 Å². The lowest BCUT2D eigenvalue weighted by Crippen LogP contribution is -2.31. The summed E-state index contributed by atoms with van der Waals surface area (Å²) in [7, 11) is 3.20. The number of carbonyl (C=O) groups excluding carboxylic acids is 1. The number of hydrogen-bond acceptors (Lipinski definition) is 3. The van der Waals surface area contributed by atoms with Crippen molar-refractivity contribution in [1.82, 2.24) is 4.90 Å². The standard InChI is InChI=1S/C19H19BrFNO3/c1-24-13-6-7-14(18(11-13)25-2)17-4-3-9-22(17)19(23)15-10-12(21)5-8-16(15)20/h5-8,10-11,17H,3-4,9H2,1-2H3. The molecule has 0 aromatic heterocycles. The molecule has 4 nitrogen and oxygen atoms in total. The average Bonchev–Trinajstić information content (AvgIpc) is 3.12. The Hall–Kier alpha value is -2.08. The van der Waals surface area contributed by atoms with Crippen LogP contribution in [0, 0.1) is 5.82 Å². The number of likely N-dealkylation sites (tertiary alicyclic amines) is 1. The fourth-order valence-electron chi connectivity index (χ4n) is 3.24. The number of amides is 1. The summed E-state index contributed by atoms with van der Waals surface area (Å²) in [6.45, 7) is 0.627. The normalized spacial score (nSPS) is 16.8. The number of halogens is 2. The van der Waals surface area contributed by atoms with Gasteiger partial charge in [0.2, 0.25) is 0 Å². The molecule has 0 radical (unpaired) electrons. The van der Waals surface area contributed by atoms with Gasteiger partial charge < -0.3 is 14.4 Å². The van der Waals surface area contributed by atoms with Gasteiger partial charge in [0.05, 0.1) is 25.8 Å². The van der Waals surface area contributed by atoms with E-state index >= 15 is 0 Å². The minimum atomic E-state index is -0.427. The van der Waals surface area contributed by atoms with E-state index < -0.39 is 5.82 Å². The first-order valence-electron chi connectivity index (χ1n) is 8.03. The topological polar surface area (TPSA) is 38.8 Å². The Labute approximate surface area is 154 Å². The van der Waals surface area contributed by atoms with Crippen LogP contribution < -0.4 is 9.47 Å². The molecule has 1 amide bonds. The molecule has 1 aliphatic rings. The van der Waals surface area contributed by atoms with Crippen molar-refractivity contribution >= 4 is 21.8 Å². The van der Waals surface area contributed by atoms with Crippen LogP contribution in [0.2, 0.25) is 0 Å².